The normalized spacial score (nSPS) is 11.5. The van der Waals surface area contributed by atoms with Gasteiger partial charge in [-0.3, -0.25) is 0 Å². The molecule has 0 N–H and O–H groups in total. The summed E-state index contributed by atoms with van der Waals surface area (Å²) in [6, 6.07) is 181. The molecule has 4 nitrogen and oxygen atoms in total. The van der Waals surface area contributed by atoms with Crippen molar-refractivity contribution in [2.45, 2.75) is 0 Å². The molecule has 126 heavy (non-hydrogen) atoms. The Morgan fingerprint density at radius 2 is 0.381 bits per heavy atom. The van der Waals surface area contributed by atoms with Gasteiger partial charge in [0, 0.05) is 67.0 Å². The van der Waals surface area contributed by atoms with Crippen LogP contribution in [-0.2, 0) is 0 Å². The summed E-state index contributed by atoms with van der Waals surface area (Å²) in [5, 5.41) is 17.7. The summed E-state index contributed by atoms with van der Waals surface area (Å²) in [6.07, 6.45) is 0. The molecule has 4 heteroatoms. The highest BCUT2D eigenvalue weighted by Gasteiger charge is 2.22. The summed E-state index contributed by atoms with van der Waals surface area (Å²) in [5.41, 5.74) is 30.4. The molecule has 0 aliphatic rings. The maximum Gasteiger partial charge on any atom is 0.0541 e. The van der Waals surface area contributed by atoms with Crippen LogP contribution in [0.2, 0.25) is 0 Å². The second-order valence-electron chi connectivity index (χ2n) is 32.7. The highest BCUT2D eigenvalue weighted by atomic mass is 15.2. The average molecular weight is 1600 g/mol. The van der Waals surface area contributed by atoms with Crippen LogP contribution in [0.25, 0.3) is 187 Å². The zero-order valence-corrected chi connectivity index (χ0v) is 69.1. The predicted octanol–water partition coefficient (Wildman–Crippen LogP) is 33.9. The van der Waals surface area contributed by atoms with E-state index < -0.39 is 0 Å². The van der Waals surface area contributed by atoms with E-state index in [2.05, 4.69) is 516 Å². The maximum absolute atomic E-state index is 2.39. The third kappa shape index (κ3) is 13.7. The van der Waals surface area contributed by atoms with Gasteiger partial charge in [-0.05, 0) is 259 Å². The lowest BCUT2D eigenvalue weighted by molar-refractivity contribution is 1.17. The first-order valence-electron chi connectivity index (χ1n) is 43.3. The van der Waals surface area contributed by atoms with Gasteiger partial charge in [0.1, 0.15) is 0 Å². The molecule has 0 aliphatic carbocycles. The van der Waals surface area contributed by atoms with E-state index in [1.165, 1.54) is 175 Å². The Morgan fingerprint density at radius 1 is 0.127 bits per heavy atom. The van der Waals surface area contributed by atoms with Crippen molar-refractivity contribution in [3.05, 3.63) is 497 Å². The molecule has 0 amide bonds. The third-order valence-corrected chi connectivity index (χ3v) is 25.4. The van der Waals surface area contributed by atoms with Crippen molar-refractivity contribution in [1.82, 2.24) is 9.13 Å². The number of para-hydroxylation sites is 4. The molecule has 0 spiro atoms. The van der Waals surface area contributed by atoms with Gasteiger partial charge >= 0.3 is 0 Å². The topological polar surface area (TPSA) is 16.3 Å². The van der Waals surface area contributed by atoms with Gasteiger partial charge in [-0.25, -0.2) is 0 Å². The van der Waals surface area contributed by atoms with Crippen LogP contribution in [0, 0.1) is 0 Å². The van der Waals surface area contributed by atoms with Gasteiger partial charge in [0.25, 0.3) is 0 Å². The number of hydrogen-bond donors (Lipinski definition) is 0. The molecule has 590 valence electrons. The quantitative estimate of drug-likeness (QED) is 0.0951. The van der Waals surface area contributed by atoms with Gasteiger partial charge in [-0.15, -0.1) is 0 Å². The predicted molar refractivity (Wildman–Crippen MR) is 537 cm³/mol. The van der Waals surface area contributed by atoms with E-state index in [0.717, 1.165) is 45.5 Å². The van der Waals surface area contributed by atoms with Crippen molar-refractivity contribution in [3.8, 4) is 89.3 Å². The van der Waals surface area contributed by atoms with E-state index in [0.29, 0.717) is 0 Å². The molecule has 0 fully saturated rings. The largest absolute Gasteiger partial charge is 0.310 e. The van der Waals surface area contributed by atoms with Crippen molar-refractivity contribution in [1.29, 1.82) is 0 Å². The molecule has 24 aromatic rings. The van der Waals surface area contributed by atoms with Gasteiger partial charge in [0.2, 0.25) is 0 Å². The lowest BCUT2D eigenvalue weighted by Gasteiger charge is -2.27. The number of nitrogens with zero attached hydrogens (tertiary/aromatic N) is 4. The van der Waals surface area contributed by atoms with Crippen molar-refractivity contribution in [2.24, 2.45) is 0 Å². The monoisotopic (exact) mass is 1600 g/mol. The molecule has 0 radical (unpaired) electrons. The molecule has 2 aromatic heterocycles. The Labute approximate surface area is 732 Å². The minimum atomic E-state index is 1.08. The fraction of sp³-hybridized carbons (Fsp3) is 0. The van der Waals surface area contributed by atoms with Crippen molar-refractivity contribution in [2.75, 3.05) is 9.80 Å². The van der Waals surface area contributed by atoms with Gasteiger partial charge in [-0.2, -0.15) is 0 Å². The third-order valence-electron chi connectivity index (χ3n) is 25.4. The van der Waals surface area contributed by atoms with Crippen LogP contribution in [0.3, 0.4) is 0 Å². The van der Waals surface area contributed by atoms with Gasteiger partial charge in [0.15, 0.2) is 0 Å². The molecule has 0 unspecified atom stereocenters. The van der Waals surface area contributed by atoms with E-state index in [-0.39, 0.29) is 0 Å². The van der Waals surface area contributed by atoms with E-state index >= 15 is 0 Å². The Balaban J connectivity index is 0.000000145. The van der Waals surface area contributed by atoms with Gasteiger partial charge in [0.05, 0.1) is 22.1 Å². The molecule has 0 bridgehead atoms. The summed E-state index contributed by atoms with van der Waals surface area (Å²) >= 11 is 0. The second kappa shape index (κ2) is 32.1. The van der Waals surface area contributed by atoms with Gasteiger partial charge < -0.3 is 18.9 Å². The van der Waals surface area contributed by atoms with Crippen molar-refractivity contribution in [3.63, 3.8) is 0 Å². The summed E-state index contributed by atoms with van der Waals surface area (Å²) in [5.74, 6) is 0. The number of anilines is 6. The fourth-order valence-corrected chi connectivity index (χ4v) is 19.2. The van der Waals surface area contributed by atoms with Crippen molar-refractivity contribution >= 4 is 132 Å². The Bertz CT molecular complexity index is 8110. The summed E-state index contributed by atoms with van der Waals surface area (Å²) in [7, 11) is 0. The van der Waals surface area contributed by atoms with E-state index in [1.807, 2.05) is 0 Å². The van der Waals surface area contributed by atoms with Crippen LogP contribution in [0.15, 0.2) is 497 Å². The second-order valence-corrected chi connectivity index (χ2v) is 32.7. The first-order chi connectivity index (χ1) is 62.5. The van der Waals surface area contributed by atoms with E-state index in [1.54, 1.807) is 0 Å². The number of hydrogen-bond acceptors (Lipinski definition) is 2. The molecule has 0 saturated heterocycles. The average Bonchev–Trinajstić information content (AvgIpc) is 1.52. The molecule has 22 aromatic carbocycles. The molecular formula is C122H82N4. The maximum atomic E-state index is 2.39. The standard InChI is InChI=1S/C62H42N2.C60H40N2/c1-2-13-43(14-3-1)44-25-27-45(28-26-44)47-33-37-51(38-34-47)63(53-16-12-17-54(42-53)64-61-23-10-8-21-58(61)59-22-9-11-24-62(59)64)52-39-35-48(36-40-52)46-29-31-49(32-30-46)60-41-50-15-4-5-18-55(50)56-19-6-7-20-57(56)60;1-2-13-46-38-47(29-28-41(46)12-1)44-26-24-42(25-27-44)43-30-34-49(35-31-43)61(51-15-11-16-52(40-51)62-59-22-9-7-20-56(59)57-21-8-10-23-60(57)62)50-36-32-45(33-37-50)58-39-48-14-3-4-17-53(48)54-18-5-6-19-55(54)58/h1-42H;1-40H. The first kappa shape index (κ1) is 74.4. The molecule has 24 rings (SSSR count). The Morgan fingerprint density at radius 3 is 0.746 bits per heavy atom. The summed E-state index contributed by atoms with van der Waals surface area (Å²) in [4.78, 5) is 4.75. The molecule has 0 saturated carbocycles. The van der Waals surface area contributed by atoms with Crippen LogP contribution in [-0.4, -0.2) is 9.13 Å². The molecule has 2 heterocycles. The summed E-state index contributed by atoms with van der Waals surface area (Å²) in [6.45, 7) is 0. The van der Waals surface area contributed by atoms with Crippen LogP contribution < -0.4 is 9.80 Å². The van der Waals surface area contributed by atoms with Crippen LogP contribution in [0.1, 0.15) is 0 Å². The minimum absolute atomic E-state index is 1.08. The number of aromatic nitrogens is 2. The molecule has 0 aliphatic heterocycles. The molecule has 0 atom stereocenters. The van der Waals surface area contributed by atoms with Crippen LogP contribution >= 0.6 is 0 Å². The smallest absolute Gasteiger partial charge is 0.0541 e. The number of fused-ring (bicyclic) bond motifs is 13. The number of benzene rings is 22. The van der Waals surface area contributed by atoms with E-state index in [9.17, 15) is 0 Å². The van der Waals surface area contributed by atoms with Crippen LogP contribution in [0.4, 0.5) is 34.1 Å². The Kier molecular flexibility index (Phi) is 18.9. The van der Waals surface area contributed by atoms with E-state index in [4.69, 9.17) is 0 Å². The van der Waals surface area contributed by atoms with Crippen LogP contribution in [0.5, 0.6) is 0 Å². The zero-order chi connectivity index (χ0) is 83.4. The minimum Gasteiger partial charge on any atom is -0.310 e. The highest BCUT2D eigenvalue weighted by molar-refractivity contribution is 6.16. The zero-order valence-electron chi connectivity index (χ0n) is 69.1. The van der Waals surface area contributed by atoms with Gasteiger partial charge in [-0.1, -0.05) is 370 Å². The Hall–Kier alpha value is -16.7. The molecular weight excluding hydrogens is 1520 g/mol. The lowest BCUT2D eigenvalue weighted by atomic mass is 9.92. The lowest BCUT2D eigenvalue weighted by Crippen LogP contribution is -2.10. The fourth-order valence-electron chi connectivity index (χ4n) is 19.2. The van der Waals surface area contributed by atoms with Crippen molar-refractivity contribution < 1.29 is 0 Å². The highest BCUT2D eigenvalue weighted by Crippen LogP contribution is 2.46. The first-order valence-corrected chi connectivity index (χ1v) is 43.3. The SMILES string of the molecule is c1cc(N(c2ccc(-c3ccc(-c4ccc5ccccc5c4)cc3)cc2)c2ccc(-c3cc4ccccc4c4ccccc34)cc2)cc(-n2c3ccccc3c3ccccc32)c1.c1ccc(-c2ccc(-c3ccc(N(c4ccc(-c5ccc(-c6cc7ccccc7c7ccccc67)cc5)cc4)c4cccc(-n5c6ccccc6c6ccccc65)c4)cc3)cc2)cc1. The number of rotatable bonds is 15. The summed E-state index contributed by atoms with van der Waals surface area (Å²) < 4.78 is 4.78.